The molecule has 2 heterocycles. The minimum atomic E-state index is -0.599. The van der Waals surface area contributed by atoms with Gasteiger partial charge >= 0.3 is 5.69 Å². The van der Waals surface area contributed by atoms with Crippen LogP contribution in [0.4, 0.5) is 0 Å². The molecule has 0 bridgehead atoms. The van der Waals surface area contributed by atoms with Gasteiger partial charge in [0.05, 0.1) is 11.8 Å². The third kappa shape index (κ3) is 2.37. The number of hydrogen-bond acceptors (Lipinski definition) is 6. The summed E-state index contributed by atoms with van der Waals surface area (Å²) >= 11 is 0. The average molecular weight is 316 g/mol. The fourth-order valence-electron chi connectivity index (χ4n) is 2.58. The smallest absolute Gasteiger partial charge is 0.333 e. The van der Waals surface area contributed by atoms with Crippen LogP contribution >= 0.6 is 0 Å². The molecule has 0 spiro atoms. The second kappa shape index (κ2) is 5.31. The number of nitrogens with one attached hydrogen (secondary N) is 1. The first-order valence-corrected chi connectivity index (χ1v) is 7.00. The van der Waals surface area contributed by atoms with Crippen molar-refractivity contribution in [2.24, 2.45) is 19.2 Å². The summed E-state index contributed by atoms with van der Waals surface area (Å²) in [4.78, 5) is 24.1. The van der Waals surface area contributed by atoms with Crippen LogP contribution in [0.1, 0.15) is 23.6 Å². The van der Waals surface area contributed by atoms with Crippen molar-refractivity contribution in [3.8, 4) is 11.6 Å². The first kappa shape index (κ1) is 14.9. The van der Waals surface area contributed by atoms with E-state index in [1.165, 1.54) is 14.1 Å². The van der Waals surface area contributed by atoms with Crippen LogP contribution in [-0.2, 0) is 14.1 Å². The van der Waals surface area contributed by atoms with Crippen LogP contribution in [0.2, 0.25) is 0 Å². The van der Waals surface area contributed by atoms with Crippen molar-refractivity contribution in [1.29, 1.82) is 0 Å². The average Bonchev–Trinajstić information content (AvgIpc) is 3.01. The zero-order valence-electron chi connectivity index (χ0n) is 12.6. The molecule has 8 nitrogen and oxygen atoms in total. The monoisotopic (exact) mass is 316 g/mol. The molecule has 0 aliphatic carbocycles. The molecule has 120 valence electrons. The molecule has 3 rings (SSSR count). The summed E-state index contributed by atoms with van der Waals surface area (Å²) < 4.78 is 1.94. The van der Waals surface area contributed by atoms with Gasteiger partial charge in [0.2, 0.25) is 5.88 Å². The highest BCUT2D eigenvalue weighted by Gasteiger charge is 2.27. The molecule has 1 aliphatic rings. The number of aromatic hydroxyl groups is 2. The lowest BCUT2D eigenvalue weighted by atomic mass is 10.00. The molecule has 8 heteroatoms. The maximum Gasteiger partial charge on any atom is 0.333 e. The van der Waals surface area contributed by atoms with Crippen LogP contribution in [0, 0.1) is 0 Å². The van der Waals surface area contributed by atoms with E-state index in [0.29, 0.717) is 12.1 Å². The number of nitrogens with zero attached hydrogens (tertiary/aromatic N) is 3. The lowest BCUT2D eigenvalue weighted by Crippen LogP contribution is -2.39. The predicted molar refractivity (Wildman–Crippen MR) is 83.7 cm³/mol. The predicted octanol–water partition coefficient (Wildman–Crippen LogP) is -0.0661. The first-order chi connectivity index (χ1) is 10.9. The summed E-state index contributed by atoms with van der Waals surface area (Å²) in [7, 11) is 2.75. The molecule has 2 aromatic rings. The fourth-order valence-corrected chi connectivity index (χ4v) is 2.58. The SMILES string of the molecule is Cn1c(O)c(C2=NN[C@H](c3ccc(O)cc3)C2)c(=O)n(C)c1=O. The zero-order chi connectivity index (χ0) is 16.7. The molecule has 1 aromatic heterocycles. The Hall–Kier alpha value is -3.03. The topological polar surface area (TPSA) is 109 Å². The number of phenols is 1. The molecule has 0 unspecified atom stereocenters. The Morgan fingerprint density at radius 3 is 2.43 bits per heavy atom. The standard InChI is InChI=1S/C15H16N4O4/c1-18-13(21)12(14(22)19(2)15(18)23)11-7-10(16-17-11)8-3-5-9(20)6-4-8/h3-6,10,16,20-21H,7H2,1-2H3/t10-/m0/s1. The minimum absolute atomic E-state index is 0.0170. The van der Waals surface area contributed by atoms with Gasteiger partial charge in [0.15, 0.2) is 0 Å². The molecule has 1 aromatic carbocycles. The molecule has 0 amide bonds. The van der Waals surface area contributed by atoms with E-state index >= 15 is 0 Å². The van der Waals surface area contributed by atoms with Crippen molar-refractivity contribution in [2.75, 3.05) is 0 Å². The third-order valence-corrected chi connectivity index (χ3v) is 3.97. The van der Waals surface area contributed by atoms with Gasteiger partial charge in [0.1, 0.15) is 11.3 Å². The summed E-state index contributed by atoms with van der Waals surface area (Å²) in [6.45, 7) is 0. The number of phenolic OH excluding ortho intramolecular Hbond substituents is 1. The van der Waals surface area contributed by atoms with Gasteiger partial charge in [-0.05, 0) is 17.7 Å². The van der Waals surface area contributed by atoms with Gasteiger partial charge < -0.3 is 15.6 Å². The lowest BCUT2D eigenvalue weighted by Gasteiger charge is -2.11. The van der Waals surface area contributed by atoms with Gasteiger partial charge in [0.25, 0.3) is 5.56 Å². The number of hydrazone groups is 1. The van der Waals surface area contributed by atoms with Crippen molar-refractivity contribution < 1.29 is 10.2 Å². The van der Waals surface area contributed by atoms with Gasteiger partial charge in [-0.3, -0.25) is 13.9 Å². The molecule has 3 N–H and O–H groups in total. The van der Waals surface area contributed by atoms with Crippen LogP contribution in [0.3, 0.4) is 0 Å². The van der Waals surface area contributed by atoms with Gasteiger partial charge in [0, 0.05) is 20.5 Å². The van der Waals surface area contributed by atoms with Crippen molar-refractivity contribution in [2.45, 2.75) is 12.5 Å². The molecule has 1 aliphatic heterocycles. The number of rotatable bonds is 2. The summed E-state index contributed by atoms with van der Waals surface area (Å²) in [5.74, 6) is -0.234. The number of benzene rings is 1. The van der Waals surface area contributed by atoms with Gasteiger partial charge in [-0.1, -0.05) is 12.1 Å². The van der Waals surface area contributed by atoms with Crippen LogP contribution < -0.4 is 16.7 Å². The van der Waals surface area contributed by atoms with Crippen molar-refractivity contribution in [3.05, 3.63) is 56.2 Å². The second-order valence-corrected chi connectivity index (χ2v) is 5.44. The molecular weight excluding hydrogens is 300 g/mol. The highest BCUT2D eigenvalue weighted by molar-refractivity contribution is 6.03. The molecule has 23 heavy (non-hydrogen) atoms. The van der Waals surface area contributed by atoms with Crippen LogP contribution in [-0.4, -0.2) is 25.1 Å². The largest absolute Gasteiger partial charge is 0.508 e. The summed E-state index contributed by atoms with van der Waals surface area (Å²) in [5, 5.41) is 23.6. The number of hydrogen-bond donors (Lipinski definition) is 3. The zero-order valence-corrected chi connectivity index (χ0v) is 12.6. The van der Waals surface area contributed by atoms with Gasteiger partial charge in [-0.25, -0.2) is 4.79 Å². The number of aromatic nitrogens is 2. The Balaban J connectivity index is 1.98. The van der Waals surface area contributed by atoms with Crippen molar-refractivity contribution >= 4 is 5.71 Å². The van der Waals surface area contributed by atoms with E-state index in [2.05, 4.69) is 10.5 Å². The van der Waals surface area contributed by atoms with Gasteiger partial charge in [-0.15, -0.1) is 0 Å². The minimum Gasteiger partial charge on any atom is -0.508 e. The van der Waals surface area contributed by atoms with E-state index in [0.717, 1.165) is 14.7 Å². The lowest BCUT2D eigenvalue weighted by molar-refractivity contribution is 0.410. The Morgan fingerprint density at radius 2 is 1.78 bits per heavy atom. The van der Waals surface area contributed by atoms with E-state index in [-0.39, 0.29) is 17.4 Å². The third-order valence-electron chi connectivity index (χ3n) is 3.97. The van der Waals surface area contributed by atoms with Crippen molar-refractivity contribution in [1.82, 2.24) is 14.6 Å². The first-order valence-electron chi connectivity index (χ1n) is 7.00. The molecule has 0 radical (unpaired) electrons. The molecule has 0 saturated carbocycles. The maximum absolute atomic E-state index is 12.3. The van der Waals surface area contributed by atoms with Crippen LogP contribution in [0.5, 0.6) is 11.6 Å². The molecular formula is C15H16N4O4. The summed E-state index contributed by atoms with van der Waals surface area (Å²) in [6.07, 6.45) is 0.381. The second-order valence-electron chi connectivity index (χ2n) is 5.44. The van der Waals surface area contributed by atoms with E-state index in [1.54, 1.807) is 24.3 Å². The van der Waals surface area contributed by atoms with E-state index in [1.807, 2.05) is 0 Å². The Kier molecular flexibility index (Phi) is 3.44. The maximum atomic E-state index is 12.3. The van der Waals surface area contributed by atoms with Crippen molar-refractivity contribution in [3.63, 3.8) is 0 Å². The Bertz CT molecular complexity index is 909. The Morgan fingerprint density at radius 1 is 1.13 bits per heavy atom. The van der Waals surface area contributed by atoms with Crippen LogP contribution in [0.15, 0.2) is 39.0 Å². The summed E-state index contributed by atoms with van der Waals surface area (Å²) in [6, 6.07) is 6.47. The summed E-state index contributed by atoms with van der Waals surface area (Å²) in [5.41, 5.74) is 3.02. The Labute approximate surface area is 130 Å². The normalized spacial score (nSPS) is 17.0. The molecule has 0 saturated heterocycles. The highest BCUT2D eigenvalue weighted by atomic mass is 16.3. The fraction of sp³-hybridized carbons (Fsp3) is 0.267. The van der Waals surface area contributed by atoms with Crippen LogP contribution in [0.25, 0.3) is 0 Å². The quantitative estimate of drug-likeness (QED) is 0.719. The van der Waals surface area contributed by atoms with E-state index < -0.39 is 17.1 Å². The molecule has 1 atom stereocenters. The van der Waals surface area contributed by atoms with E-state index in [4.69, 9.17) is 0 Å². The highest BCUT2D eigenvalue weighted by Crippen LogP contribution is 2.26. The van der Waals surface area contributed by atoms with E-state index in [9.17, 15) is 19.8 Å². The van der Waals surface area contributed by atoms with Gasteiger partial charge in [-0.2, -0.15) is 5.10 Å². The molecule has 0 fully saturated rings.